The summed E-state index contributed by atoms with van der Waals surface area (Å²) in [7, 11) is 0. The van der Waals surface area contributed by atoms with Crippen LogP contribution in [0.5, 0.6) is 0 Å². The van der Waals surface area contributed by atoms with Gasteiger partial charge in [-0.1, -0.05) is 0 Å². The first-order valence-corrected chi connectivity index (χ1v) is 4.80. The topological polar surface area (TPSA) is 16.1 Å². The number of hydrogen-bond acceptors (Lipinski definition) is 3. The zero-order chi connectivity index (χ0) is 7.68. The van der Waals surface area contributed by atoms with Gasteiger partial charge in [0.05, 0.1) is 6.54 Å². The molecule has 0 radical (unpaired) electrons. The molecule has 0 unspecified atom stereocenters. The molecule has 1 aromatic rings. The summed E-state index contributed by atoms with van der Waals surface area (Å²) in [5.74, 6) is 0. The number of rotatable bonds is 2. The Labute approximate surface area is 70.9 Å². The predicted molar refractivity (Wildman–Crippen MR) is 46.7 cm³/mol. The summed E-state index contributed by atoms with van der Waals surface area (Å²) in [6.45, 7) is 5.70. The van der Waals surface area contributed by atoms with E-state index < -0.39 is 0 Å². The van der Waals surface area contributed by atoms with Crippen LogP contribution in [0, 0.1) is 6.92 Å². The van der Waals surface area contributed by atoms with Crippen molar-refractivity contribution in [2.75, 3.05) is 13.1 Å². The molecule has 0 saturated carbocycles. The maximum absolute atomic E-state index is 4.31. The molecule has 1 saturated heterocycles. The summed E-state index contributed by atoms with van der Waals surface area (Å²) in [4.78, 5) is 8.06. The fraction of sp³-hybridized carbons (Fsp3) is 0.625. The maximum Gasteiger partial charge on any atom is 0.107 e. The molecule has 1 aromatic heterocycles. The average molecular weight is 168 g/mol. The molecule has 1 aliphatic heterocycles. The van der Waals surface area contributed by atoms with Gasteiger partial charge in [-0.2, -0.15) is 0 Å². The highest BCUT2D eigenvalue weighted by Crippen LogP contribution is 2.16. The summed E-state index contributed by atoms with van der Waals surface area (Å²) < 4.78 is 0. The van der Waals surface area contributed by atoms with Crippen molar-refractivity contribution in [3.05, 3.63) is 16.1 Å². The van der Waals surface area contributed by atoms with Crippen molar-refractivity contribution in [1.82, 2.24) is 9.88 Å². The summed E-state index contributed by atoms with van der Waals surface area (Å²) in [5.41, 5.74) is 0. The van der Waals surface area contributed by atoms with Crippen LogP contribution in [0.1, 0.15) is 16.3 Å². The van der Waals surface area contributed by atoms with Gasteiger partial charge in [-0.3, -0.25) is 4.90 Å². The van der Waals surface area contributed by atoms with Gasteiger partial charge in [-0.15, -0.1) is 11.3 Å². The molecule has 0 aliphatic carbocycles. The normalized spacial score (nSPS) is 18.3. The van der Waals surface area contributed by atoms with Crippen LogP contribution in [-0.4, -0.2) is 23.0 Å². The van der Waals surface area contributed by atoms with Crippen LogP contribution in [-0.2, 0) is 6.54 Å². The van der Waals surface area contributed by atoms with E-state index in [0.717, 1.165) is 6.54 Å². The van der Waals surface area contributed by atoms with E-state index in [9.17, 15) is 0 Å². The van der Waals surface area contributed by atoms with Crippen LogP contribution in [0.4, 0.5) is 0 Å². The quantitative estimate of drug-likeness (QED) is 0.667. The number of thiazole rings is 1. The van der Waals surface area contributed by atoms with Crippen LogP contribution in [0.15, 0.2) is 6.20 Å². The van der Waals surface area contributed by atoms with Crippen molar-refractivity contribution < 1.29 is 0 Å². The third kappa shape index (κ3) is 1.60. The first-order chi connectivity index (χ1) is 5.34. The first kappa shape index (κ1) is 7.25. The second kappa shape index (κ2) is 2.91. The highest BCUT2D eigenvalue weighted by atomic mass is 32.1. The van der Waals surface area contributed by atoms with Gasteiger partial charge in [-0.05, 0) is 26.4 Å². The molecule has 1 fully saturated rings. The maximum atomic E-state index is 4.31. The van der Waals surface area contributed by atoms with Crippen molar-refractivity contribution in [2.24, 2.45) is 0 Å². The lowest BCUT2D eigenvalue weighted by Crippen LogP contribution is -2.36. The van der Waals surface area contributed by atoms with Crippen LogP contribution < -0.4 is 0 Å². The molecule has 3 heteroatoms. The van der Waals surface area contributed by atoms with E-state index in [4.69, 9.17) is 0 Å². The summed E-state index contributed by atoms with van der Waals surface area (Å²) in [6.07, 6.45) is 3.32. The molecule has 1 aliphatic rings. The van der Waals surface area contributed by atoms with Gasteiger partial charge >= 0.3 is 0 Å². The highest BCUT2D eigenvalue weighted by Gasteiger charge is 2.14. The highest BCUT2D eigenvalue weighted by molar-refractivity contribution is 7.11. The SMILES string of the molecule is Cc1cnc(CN2CCC2)s1. The van der Waals surface area contributed by atoms with Gasteiger partial charge in [0.25, 0.3) is 0 Å². The van der Waals surface area contributed by atoms with E-state index in [0.29, 0.717) is 0 Å². The second-order valence-electron chi connectivity index (χ2n) is 2.99. The molecule has 0 N–H and O–H groups in total. The van der Waals surface area contributed by atoms with Crippen LogP contribution in [0.3, 0.4) is 0 Å². The van der Waals surface area contributed by atoms with Crippen LogP contribution in [0.25, 0.3) is 0 Å². The second-order valence-corrected chi connectivity index (χ2v) is 4.31. The Morgan fingerprint density at radius 1 is 1.64 bits per heavy atom. The van der Waals surface area contributed by atoms with Gasteiger partial charge in [0.2, 0.25) is 0 Å². The Kier molecular flexibility index (Phi) is 1.92. The standard InChI is InChI=1S/C8H12N2S/c1-7-5-9-8(11-7)6-10-3-2-4-10/h5H,2-4,6H2,1H3. The van der Waals surface area contributed by atoms with Gasteiger partial charge in [0.15, 0.2) is 0 Å². The molecule has 2 rings (SSSR count). The third-order valence-corrected chi connectivity index (χ3v) is 2.87. The lowest BCUT2D eigenvalue weighted by Gasteiger charge is -2.29. The fourth-order valence-electron chi connectivity index (χ4n) is 1.21. The van der Waals surface area contributed by atoms with E-state index in [1.807, 2.05) is 17.5 Å². The van der Waals surface area contributed by atoms with E-state index >= 15 is 0 Å². The number of aromatic nitrogens is 1. The van der Waals surface area contributed by atoms with Gasteiger partial charge in [0, 0.05) is 11.1 Å². The molecule has 60 valence electrons. The number of hydrogen-bond donors (Lipinski definition) is 0. The Hall–Kier alpha value is -0.410. The van der Waals surface area contributed by atoms with Crippen molar-refractivity contribution in [3.8, 4) is 0 Å². The summed E-state index contributed by atoms with van der Waals surface area (Å²) in [6, 6.07) is 0. The van der Waals surface area contributed by atoms with E-state index in [-0.39, 0.29) is 0 Å². The zero-order valence-corrected chi connectivity index (χ0v) is 7.52. The lowest BCUT2D eigenvalue weighted by molar-refractivity contribution is 0.172. The van der Waals surface area contributed by atoms with E-state index in [1.54, 1.807) is 0 Å². The molecule has 11 heavy (non-hydrogen) atoms. The Morgan fingerprint density at radius 3 is 2.91 bits per heavy atom. The minimum atomic E-state index is 1.07. The van der Waals surface area contributed by atoms with Crippen molar-refractivity contribution in [2.45, 2.75) is 19.9 Å². The predicted octanol–water partition coefficient (Wildman–Crippen LogP) is 1.66. The summed E-state index contributed by atoms with van der Waals surface area (Å²) in [5, 5.41) is 1.27. The van der Waals surface area contributed by atoms with E-state index in [2.05, 4.69) is 16.8 Å². The molecule has 2 nitrogen and oxygen atoms in total. The molecule has 0 atom stereocenters. The van der Waals surface area contributed by atoms with Crippen molar-refractivity contribution >= 4 is 11.3 Å². The third-order valence-electron chi connectivity index (χ3n) is 1.98. The number of nitrogens with zero attached hydrogens (tertiary/aromatic N) is 2. The lowest BCUT2D eigenvalue weighted by atomic mass is 10.2. The first-order valence-electron chi connectivity index (χ1n) is 3.98. The zero-order valence-electron chi connectivity index (χ0n) is 6.71. The molecule has 2 heterocycles. The monoisotopic (exact) mass is 168 g/mol. The molecule has 0 spiro atoms. The van der Waals surface area contributed by atoms with Crippen molar-refractivity contribution in [3.63, 3.8) is 0 Å². The molecular formula is C8H12N2S. The number of likely N-dealkylation sites (tertiary alicyclic amines) is 1. The Bertz CT molecular complexity index is 240. The fourth-order valence-corrected chi connectivity index (χ4v) is 2.04. The van der Waals surface area contributed by atoms with Crippen molar-refractivity contribution in [1.29, 1.82) is 0 Å². The summed E-state index contributed by atoms with van der Waals surface area (Å²) >= 11 is 1.81. The van der Waals surface area contributed by atoms with Gasteiger partial charge in [-0.25, -0.2) is 4.98 Å². The Morgan fingerprint density at radius 2 is 2.45 bits per heavy atom. The van der Waals surface area contributed by atoms with E-state index in [1.165, 1.54) is 29.4 Å². The largest absolute Gasteiger partial charge is 0.297 e. The smallest absolute Gasteiger partial charge is 0.107 e. The molecule has 0 amide bonds. The van der Waals surface area contributed by atoms with Crippen LogP contribution in [0.2, 0.25) is 0 Å². The molecule has 0 bridgehead atoms. The molecular weight excluding hydrogens is 156 g/mol. The average Bonchev–Trinajstić information content (AvgIpc) is 2.27. The minimum absolute atomic E-state index is 1.07. The van der Waals surface area contributed by atoms with Crippen LogP contribution >= 0.6 is 11.3 Å². The number of aryl methyl sites for hydroxylation is 1. The van der Waals surface area contributed by atoms with Gasteiger partial charge < -0.3 is 0 Å². The minimum Gasteiger partial charge on any atom is -0.297 e. The van der Waals surface area contributed by atoms with Gasteiger partial charge in [0.1, 0.15) is 5.01 Å². The molecule has 0 aromatic carbocycles. The Balaban J connectivity index is 1.95.